The Bertz CT molecular complexity index is 1250. The SMILES string of the molecule is CCS(=O)(=O)N(CC(=O)N(Cc1c(Cl)cccc1Cl)[C@H](C)C(=O)NCC(C)C)c1ccc2c(c1)OCCO2. The van der Waals surface area contributed by atoms with Crippen molar-refractivity contribution in [2.24, 2.45) is 5.92 Å². The van der Waals surface area contributed by atoms with Crippen LogP contribution in [0.15, 0.2) is 36.4 Å². The summed E-state index contributed by atoms with van der Waals surface area (Å²) >= 11 is 12.7. The van der Waals surface area contributed by atoms with Gasteiger partial charge in [0.05, 0.1) is 11.4 Å². The molecule has 1 heterocycles. The highest BCUT2D eigenvalue weighted by molar-refractivity contribution is 7.92. The van der Waals surface area contributed by atoms with E-state index in [1.54, 1.807) is 37.3 Å². The number of carbonyl (C=O) groups is 2. The molecular formula is C26H33Cl2N3O6S. The number of ether oxygens (including phenoxy) is 2. The van der Waals surface area contributed by atoms with Crippen LogP contribution < -0.4 is 19.1 Å². The van der Waals surface area contributed by atoms with Gasteiger partial charge < -0.3 is 19.7 Å². The average Bonchev–Trinajstić information content (AvgIpc) is 2.89. The van der Waals surface area contributed by atoms with E-state index >= 15 is 0 Å². The van der Waals surface area contributed by atoms with E-state index in [0.717, 1.165) is 4.31 Å². The van der Waals surface area contributed by atoms with E-state index in [1.165, 1.54) is 17.9 Å². The number of fused-ring (bicyclic) bond motifs is 1. The van der Waals surface area contributed by atoms with Crippen LogP contribution in [0, 0.1) is 5.92 Å². The van der Waals surface area contributed by atoms with Gasteiger partial charge in [-0.25, -0.2) is 8.42 Å². The van der Waals surface area contributed by atoms with Crippen molar-refractivity contribution in [2.75, 3.05) is 36.4 Å². The lowest BCUT2D eigenvalue weighted by Crippen LogP contribution is -2.51. The maximum Gasteiger partial charge on any atom is 0.244 e. The van der Waals surface area contributed by atoms with Gasteiger partial charge in [0.2, 0.25) is 21.8 Å². The summed E-state index contributed by atoms with van der Waals surface area (Å²) < 4.78 is 38.4. The number of carbonyl (C=O) groups excluding carboxylic acids is 2. The van der Waals surface area contributed by atoms with Crippen LogP contribution in [0.3, 0.4) is 0 Å². The van der Waals surface area contributed by atoms with Crippen LogP contribution in [0.1, 0.15) is 33.3 Å². The van der Waals surface area contributed by atoms with Gasteiger partial charge in [0.15, 0.2) is 11.5 Å². The van der Waals surface area contributed by atoms with Gasteiger partial charge in [0, 0.05) is 34.8 Å². The largest absolute Gasteiger partial charge is 0.486 e. The van der Waals surface area contributed by atoms with Crippen LogP contribution >= 0.6 is 23.2 Å². The van der Waals surface area contributed by atoms with E-state index in [1.807, 2.05) is 13.8 Å². The van der Waals surface area contributed by atoms with Crippen LogP contribution in [0.2, 0.25) is 10.0 Å². The molecule has 0 aromatic heterocycles. The molecule has 0 bridgehead atoms. The molecule has 3 rings (SSSR count). The number of hydrogen-bond acceptors (Lipinski definition) is 6. The number of rotatable bonds is 11. The summed E-state index contributed by atoms with van der Waals surface area (Å²) in [6, 6.07) is 8.72. The molecule has 38 heavy (non-hydrogen) atoms. The predicted octanol–water partition coefficient (Wildman–Crippen LogP) is 4.11. The zero-order valence-corrected chi connectivity index (χ0v) is 24.2. The third-order valence-corrected chi connectivity index (χ3v) is 8.48. The molecule has 208 valence electrons. The monoisotopic (exact) mass is 585 g/mol. The predicted molar refractivity (Wildman–Crippen MR) is 149 cm³/mol. The molecule has 12 heteroatoms. The molecule has 0 spiro atoms. The van der Waals surface area contributed by atoms with Gasteiger partial charge in [0.1, 0.15) is 25.8 Å². The fourth-order valence-electron chi connectivity index (χ4n) is 3.80. The normalized spacial score (nSPS) is 13.7. The van der Waals surface area contributed by atoms with Gasteiger partial charge in [-0.15, -0.1) is 0 Å². The lowest BCUT2D eigenvalue weighted by molar-refractivity contribution is -0.139. The van der Waals surface area contributed by atoms with Crippen molar-refractivity contribution in [3.05, 3.63) is 52.0 Å². The first kappa shape index (κ1) is 29.9. The molecule has 1 atom stereocenters. The van der Waals surface area contributed by atoms with Crippen molar-refractivity contribution in [1.82, 2.24) is 10.2 Å². The zero-order chi connectivity index (χ0) is 28.0. The molecule has 0 unspecified atom stereocenters. The summed E-state index contributed by atoms with van der Waals surface area (Å²) in [5.74, 6) is -0.132. The van der Waals surface area contributed by atoms with Crippen molar-refractivity contribution in [3.8, 4) is 11.5 Å². The van der Waals surface area contributed by atoms with Gasteiger partial charge in [0.25, 0.3) is 0 Å². The summed E-state index contributed by atoms with van der Waals surface area (Å²) in [6.07, 6.45) is 0. The Labute approximate surface area is 234 Å². The van der Waals surface area contributed by atoms with Gasteiger partial charge >= 0.3 is 0 Å². The van der Waals surface area contributed by atoms with Crippen molar-refractivity contribution in [3.63, 3.8) is 0 Å². The maximum absolute atomic E-state index is 13.8. The van der Waals surface area contributed by atoms with E-state index in [4.69, 9.17) is 32.7 Å². The molecule has 1 N–H and O–H groups in total. The van der Waals surface area contributed by atoms with Crippen molar-refractivity contribution in [1.29, 1.82) is 0 Å². The highest BCUT2D eigenvalue weighted by atomic mass is 35.5. The first-order valence-electron chi connectivity index (χ1n) is 12.3. The topological polar surface area (TPSA) is 105 Å². The Kier molecular flexibility index (Phi) is 10.1. The highest BCUT2D eigenvalue weighted by Gasteiger charge is 2.32. The summed E-state index contributed by atoms with van der Waals surface area (Å²) in [5, 5.41) is 3.49. The average molecular weight is 587 g/mol. The number of hydrogen-bond donors (Lipinski definition) is 1. The van der Waals surface area contributed by atoms with Gasteiger partial charge in [-0.05, 0) is 44.0 Å². The van der Waals surface area contributed by atoms with E-state index in [9.17, 15) is 18.0 Å². The smallest absolute Gasteiger partial charge is 0.244 e. The molecule has 2 aromatic rings. The van der Waals surface area contributed by atoms with Crippen molar-refractivity contribution in [2.45, 2.75) is 40.3 Å². The van der Waals surface area contributed by atoms with E-state index in [-0.39, 0.29) is 29.8 Å². The minimum absolute atomic E-state index is 0.0885. The minimum Gasteiger partial charge on any atom is -0.486 e. The molecule has 0 aliphatic carbocycles. The molecule has 0 saturated heterocycles. The summed E-state index contributed by atoms with van der Waals surface area (Å²) in [7, 11) is -3.89. The fraction of sp³-hybridized carbons (Fsp3) is 0.462. The fourth-order valence-corrected chi connectivity index (χ4v) is 5.37. The van der Waals surface area contributed by atoms with Crippen LogP contribution in [0.4, 0.5) is 5.69 Å². The molecule has 2 amide bonds. The quantitative estimate of drug-likeness (QED) is 0.425. The summed E-state index contributed by atoms with van der Waals surface area (Å²) in [4.78, 5) is 28.1. The Hall–Kier alpha value is -2.69. The van der Waals surface area contributed by atoms with Gasteiger partial charge in [-0.1, -0.05) is 43.1 Å². The maximum atomic E-state index is 13.8. The van der Waals surface area contributed by atoms with Crippen LogP contribution in [-0.4, -0.2) is 63.2 Å². The Morgan fingerprint density at radius 1 is 1.03 bits per heavy atom. The second kappa shape index (κ2) is 12.9. The van der Waals surface area contributed by atoms with Crippen molar-refractivity contribution < 1.29 is 27.5 Å². The number of nitrogens with one attached hydrogen (secondary N) is 1. The van der Waals surface area contributed by atoms with Gasteiger partial charge in [-0.2, -0.15) is 0 Å². The third kappa shape index (κ3) is 7.24. The first-order valence-corrected chi connectivity index (χ1v) is 14.7. The number of anilines is 1. The number of sulfonamides is 1. The minimum atomic E-state index is -3.89. The van der Waals surface area contributed by atoms with Crippen LogP contribution in [-0.2, 0) is 26.2 Å². The molecule has 0 saturated carbocycles. The highest BCUT2D eigenvalue weighted by Crippen LogP contribution is 2.35. The first-order chi connectivity index (χ1) is 17.9. The second-order valence-electron chi connectivity index (χ2n) is 9.27. The van der Waals surface area contributed by atoms with E-state index in [2.05, 4.69) is 5.32 Å². The number of benzene rings is 2. The number of amides is 2. The zero-order valence-electron chi connectivity index (χ0n) is 21.9. The molecular weight excluding hydrogens is 553 g/mol. The van der Waals surface area contributed by atoms with E-state index in [0.29, 0.717) is 46.9 Å². The number of nitrogens with zero attached hydrogens (tertiary/aromatic N) is 2. The van der Waals surface area contributed by atoms with Gasteiger partial charge in [-0.3, -0.25) is 13.9 Å². The molecule has 1 aliphatic rings. The summed E-state index contributed by atoms with van der Waals surface area (Å²) in [6.45, 7) is 7.50. The molecule has 9 nitrogen and oxygen atoms in total. The lowest BCUT2D eigenvalue weighted by atomic mass is 10.1. The summed E-state index contributed by atoms with van der Waals surface area (Å²) in [5.41, 5.74) is 0.703. The Morgan fingerprint density at radius 3 is 2.26 bits per heavy atom. The van der Waals surface area contributed by atoms with Crippen LogP contribution in [0.5, 0.6) is 11.5 Å². The third-order valence-electron chi connectivity index (χ3n) is 6.04. The van der Waals surface area contributed by atoms with Crippen molar-refractivity contribution >= 4 is 50.7 Å². The Balaban J connectivity index is 1.97. The standard InChI is InChI=1S/C26H33Cl2N3O6S/c1-5-38(34,35)31(19-9-10-23-24(13-19)37-12-11-36-23)16-25(32)30(18(4)26(33)29-14-17(2)3)15-20-21(27)7-6-8-22(20)28/h6-10,13,17-18H,5,11-12,14-16H2,1-4H3,(H,29,33)/t18-/m1/s1. The molecule has 0 fully saturated rings. The van der Waals surface area contributed by atoms with Crippen LogP contribution in [0.25, 0.3) is 0 Å². The Morgan fingerprint density at radius 2 is 1.66 bits per heavy atom. The molecule has 0 radical (unpaired) electrons. The molecule has 2 aromatic carbocycles. The second-order valence-corrected chi connectivity index (χ2v) is 12.3. The van der Waals surface area contributed by atoms with E-state index < -0.39 is 28.5 Å². The number of halogens is 2. The molecule has 1 aliphatic heterocycles. The lowest BCUT2D eigenvalue weighted by Gasteiger charge is -2.32.